The Kier molecular flexibility index (Phi) is 5.54. The van der Waals surface area contributed by atoms with Gasteiger partial charge in [-0.05, 0) is 30.9 Å². The zero-order valence-corrected chi connectivity index (χ0v) is 11.7. The molecule has 0 unspecified atom stereocenters. The lowest BCUT2D eigenvalue weighted by atomic mass is 10.1. The van der Waals surface area contributed by atoms with E-state index in [1.165, 1.54) is 31.7 Å². The predicted octanol–water partition coefficient (Wildman–Crippen LogP) is 4.38. The van der Waals surface area contributed by atoms with Gasteiger partial charge in [-0.15, -0.1) is 11.6 Å². The quantitative estimate of drug-likeness (QED) is 0.588. The smallest absolute Gasteiger partial charge is 0.142 e. The summed E-state index contributed by atoms with van der Waals surface area (Å²) in [6, 6.07) is 4.86. The summed E-state index contributed by atoms with van der Waals surface area (Å²) in [4.78, 5) is 0. The van der Waals surface area contributed by atoms with Crippen LogP contribution < -0.4 is 4.74 Å². The van der Waals surface area contributed by atoms with Gasteiger partial charge in [-0.1, -0.05) is 24.7 Å². The van der Waals surface area contributed by atoms with Crippen LogP contribution in [-0.4, -0.2) is 12.5 Å². The van der Waals surface area contributed by atoms with Gasteiger partial charge >= 0.3 is 0 Å². The van der Waals surface area contributed by atoms with E-state index < -0.39 is 0 Å². The minimum atomic E-state index is -0.328. The predicted molar refractivity (Wildman–Crippen MR) is 76.1 cm³/mol. The highest BCUT2D eigenvalue weighted by molar-refractivity contribution is 6.18. The van der Waals surface area contributed by atoms with Crippen molar-refractivity contribution in [1.29, 1.82) is 0 Å². The number of benzene rings is 1. The fourth-order valence-corrected chi connectivity index (χ4v) is 2.38. The van der Waals surface area contributed by atoms with E-state index in [0.29, 0.717) is 36.1 Å². The third kappa shape index (κ3) is 4.44. The first-order valence-electron chi connectivity index (χ1n) is 6.77. The highest BCUT2D eigenvalue weighted by atomic mass is 35.5. The minimum absolute atomic E-state index is 0.328. The van der Waals surface area contributed by atoms with Crippen LogP contribution in [0.2, 0.25) is 0 Å². The summed E-state index contributed by atoms with van der Waals surface area (Å²) < 4.78 is 19.4. The number of hydrogen-bond donors (Lipinski definition) is 0. The lowest BCUT2D eigenvalue weighted by Crippen LogP contribution is -2.08. The van der Waals surface area contributed by atoms with Gasteiger partial charge in [-0.3, -0.25) is 0 Å². The number of alkyl halides is 1. The Hall–Kier alpha value is -1.20. The third-order valence-electron chi connectivity index (χ3n) is 3.34. The summed E-state index contributed by atoms with van der Waals surface area (Å²) in [7, 11) is 0. The molecule has 3 heteroatoms. The molecule has 1 aliphatic rings. The number of rotatable bonds is 4. The number of halogens is 2. The summed E-state index contributed by atoms with van der Waals surface area (Å²) in [5.41, 5.74) is 0.401. The summed E-state index contributed by atoms with van der Waals surface area (Å²) >= 11 is 5.52. The van der Waals surface area contributed by atoms with Crippen LogP contribution in [0, 0.1) is 23.6 Å². The molecular formula is C16H18ClFO. The molecule has 0 heterocycles. The standard InChI is InChI=1S/C16H18ClFO/c17-10-4-3-7-14-8-9-15(11-16(14)18)19-12-13-5-1-2-6-13/h8-9,11,13H,1-2,4-6,10,12H2. The first-order valence-corrected chi connectivity index (χ1v) is 7.30. The molecule has 1 aromatic rings. The Morgan fingerprint density at radius 2 is 2.11 bits per heavy atom. The van der Waals surface area contributed by atoms with Gasteiger partial charge in [0.15, 0.2) is 0 Å². The molecule has 2 rings (SSSR count). The lowest BCUT2D eigenvalue weighted by molar-refractivity contribution is 0.251. The van der Waals surface area contributed by atoms with Gasteiger partial charge in [-0.25, -0.2) is 4.39 Å². The van der Waals surface area contributed by atoms with Crippen LogP contribution in [-0.2, 0) is 0 Å². The largest absolute Gasteiger partial charge is 0.493 e. The van der Waals surface area contributed by atoms with Crippen molar-refractivity contribution in [1.82, 2.24) is 0 Å². The second-order valence-corrected chi connectivity index (χ2v) is 5.22. The van der Waals surface area contributed by atoms with Crippen LogP contribution >= 0.6 is 11.6 Å². The normalized spacial score (nSPS) is 15.1. The minimum Gasteiger partial charge on any atom is -0.493 e. The van der Waals surface area contributed by atoms with Gasteiger partial charge in [-0.2, -0.15) is 0 Å². The maximum Gasteiger partial charge on any atom is 0.142 e. The van der Waals surface area contributed by atoms with Crippen molar-refractivity contribution in [2.24, 2.45) is 5.92 Å². The average Bonchev–Trinajstić information content (AvgIpc) is 2.92. The Bertz CT molecular complexity index is 469. The van der Waals surface area contributed by atoms with E-state index >= 15 is 0 Å². The molecule has 0 amide bonds. The molecule has 1 nitrogen and oxygen atoms in total. The van der Waals surface area contributed by atoms with E-state index in [1.807, 2.05) is 0 Å². The van der Waals surface area contributed by atoms with E-state index in [0.717, 1.165) is 0 Å². The van der Waals surface area contributed by atoms with Crippen molar-refractivity contribution in [3.63, 3.8) is 0 Å². The molecule has 0 aromatic heterocycles. The molecule has 102 valence electrons. The SMILES string of the molecule is Fc1cc(OCC2CCCC2)ccc1C#CCCCl. The summed E-state index contributed by atoms with van der Waals surface area (Å²) in [5, 5.41) is 0. The molecule has 1 fully saturated rings. The first-order chi connectivity index (χ1) is 9.29. The van der Waals surface area contributed by atoms with Gasteiger partial charge in [0, 0.05) is 18.4 Å². The molecule has 0 atom stereocenters. The lowest BCUT2D eigenvalue weighted by Gasteiger charge is -2.11. The summed E-state index contributed by atoms with van der Waals surface area (Å²) in [6.07, 6.45) is 5.60. The maximum atomic E-state index is 13.8. The molecule has 1 saturated carbocycles. The zero-order chi connectivity index (χ0) is 13.5. The Labute approximate surface area is 119 Å². The molecule has 0 saturated heterocycles. The van der Waals surface area contributed by atoms with Gasteiger partial charge in [0.2, 0.25) is 0 Å². The highest BCUT2D eigenvalue weighted by Crippen LogP contribution is 2.26. The summed E-state index contributed by atoms with van der Waals surface area (Å²) in [6.45, 7) is 0.691. The van der Waals surface area contributed by atoms with Crippen LogP contribution in [0.3, 0.4) is 0 Å². The van der Waals surface area contributed by atoms with Crippen molar-refractivity contribution >= 4 is 11.6 Å². The molecule has 0 N–H and O–H groups in total. The molecule has 1 aromatic carbocycles. The van der Waals surface area contributed by atoms with Crippen LogP contribution in [0.4, 0.5) is 4.39 Å². The monoisotopic (exact) mass is 280 g/mol. The van der Waals surface area contributed by atoms with Crippen molar-refractivity contribution in [2.45, 2.75) is 32.1 Å². The van der Waals surface area contributed by atoms with Gasteiger partial charge in [0.05, 0.1) is 12.2 Å². The molecule has 0 bridgehead atoms. The van der Waals surface area contributed by atoms with Gasteiger partial charge < -0.3 is 4.74 Å². The zero-order valence-electron chi connectivity index (χ0n) is 10.9. The van der Waals surface area contributed by atoms with Crippen LogP contribution in [0.15, 0.2) is 18.2 Å². The van der Waals surface area contributed by atoms with Crippen LogP contribution in [0.25, 0.3) is 0 Å². The molecule has 0 spiro atoms. The Morgan fingerprint density at radius 1 is 1.32 bits per heavy atom. The van der Waals surface area contributed by atoms with E-state index in [-0.39, 0.29) is 5.82 Å². The second kappa shape index (κ2) is 7.40. The fraction of sp³-hybridized carbons (Fsp3) is 0.500. The van der Waals surface area contributed by atoms with Crippen LogP contribution in [0.1, 0.15) is 37.7 Å². The first kappa shape index (κ1) is 14.2. The maximum absolute atomic E-state index is 13.8. The Morgan fingerprint density at radius 3 is 2.79 bits per heavy atom. The molecule has 1 aliphatic carbocycles. The molecule has 0 radical (unpaired) electrons. The van der Waals surface area contributed by atoms with E-state index in [9.17, 15) is 4.39 Å². The number of hydrogen-bond acceptors (Lipinski definition) is 1. The summed E-state index contributed by atoms with van der Waals surface area (Å²) in [5.74, 6) is 6.96. The van der Waals surface area contributed by atoms with Gasteiger partial charge in [0.1, 0.15) is 11.6 Å². The topological polar surface area (TPSA) is 9.23 Å². The number of ether oxygens (including phenoxy) is 1. The van der Waals surface area contributed by atoms with E-state index in [2.05, 4.69) is 11.8 Å². The molecule has 0 aliphatic heterocycles. The Balaban J connectivity index is 1.92. The molecular weight excluding hydrogens is 263 g/mol. The average molecular weight is 281 g/mol. The van der Waals surface area contributed by atoms with E-state index in [4.69, 9.17) is 16.3 Å². The second-order valence-electron chi connectivity index (χ2n) is 4.84. The van der Waals surface area contributed by atoms with Crippen molar-refractivity contribution in [2.75, 3.05) is 12.5 Å². The van der Waals surface area contributed by atoms with E-state index in [1.54, 1.807) is 12.1 Å². The van der Waals surface area contributed by atoms with Crippen molar-refractivity contribution < 1.29 is 9.13 Å². The molecule has 19 heavy (non-hydrogen) atoms. The fourth-order valence-electron chi connectivity index (χ4n) is 2.28. The third-order valence-corrected chi connectivity index (χ3v) is 3.53. The van der Waals surface area contributed by atoms with Crippen molar-refractivity contribution in [3.8, 4) is 17.6 Å². The highest BCUT2D eigenvalue weighted by Gasteiger charge is 2.15. The van der Waals surface area contributed by atoms with Crippen molar-refractivity contribution in [3.05, 3.63) is 29.6 Å². The van der Waals surface area contributed by atoms with Gasteiger partial charge in [0.25, 0.3) is 0 Å². The van der Waals surface area contributed by atoms with Crippen LogP contribution in [0.5, 0.6) is 5.75 Å².